The van der Waals surface area contributed by atoms with Gasteiger partial charge in [-0.1, -0.05) is 37.3 Å². The van der Waals surface area contributed by atoms with Crippen LogP contribution in [0.3, 0.4) is 0 Å². The van der Waals surface area contributed by atoms with E-state index in [1.165, 1.54) is 18.4 Å². The first-order valence-electron chi connectivity index (χ1n) is 8.26. The maximum atomic E-state index is 11.9. The molecule has 1 unspecified atom stereocenters. The van der Waals surface area contributed by atoms with Crippen molar-refractivity contribution in [2.45, 2.75) is 64.0 Å². The maximum absolute atomic E-state index is 11.9. The highest BCUT2D eigenvalue weighted by molar-refractivity contribution is 5.78. The number of amides is 1. The molecule has 1 atom stereocenters. The monoisotopic (exact) mass is 288 g/mol. The van der Waals surface area contributed by atoms with Gasteiger partial charge >= 0.3 is 0 Å². The van der Waals surface area contributed by atoms with Crippen molar-refractivity contribution < 1.29 is 4.79 Å². The second kappa shape index (κ2) is 8.18. The van der Waals surface area contributed by atoms with Gasteiger partial charge in [-0.15, -0.1) is 0 Å². The summed E-state index contributed by atoms with van der Waals surface area (Å²) in [5.74, 6) is 0.802. The lowest BCUT2D eigenvalue weighted by Gasteiger charge is -2.29. The smallest absolute Gasteiger partial charge is 0.234 e. The Morgan fingerprint density at radius 3 is 2.48 bits per heavy atom. The number of carbonyl (C=O) groups excluding carboxylic acids is 1. The molecule has 0 spiro atoms. The quantitative estimate of drug-likeness (QED) is 0.844. The summed E-state index contributed by atoms with van der Waals surface area (Å²) in [7, 11) is 0. The van der Waals surface area contributed by atoms with Crippen molar-refractivity contribution in [3.63, 3.8) is 0 Å². The van der Waals surface area contributed by atoms with Crippen LogP contribution in [-0.4, -0.2) is 24.5 Å². The van der Waals surface area contributed by atoms with Gasteiger partial charge in [-0.2, -0.15) is 0 Å². The van der Waals surface area contributed by atoms with Crippen LogP contribution < -0.4 is 10.6 Å². The average Bonchev–Trinajstić information content (AvgIpc) is 2.54. The van der Waals surface area contributed by atoms with Crippen LogP contribution >= 0.6 is 0 Å². The fourth-order valence-electron chi connectivity index (χ4n) is 2.99. The van der Waals surface area contributed by atoms with Gasteiger partial charge in [-0.05, 0) is 50.5 Å². The number of nitrogens with one attached hydrogen (secondary N) is 2. The molecule has 0 heterocycles. The van der Waals surface area contributed by atoms with Gasteiger partial charge in [-0.25, -0.2) is 0 Å². The molecule has 1 aromatic rings. The Kier molecular flexibility index (Phi) is 6.24. The van der Waals surface area contributed by atoms with E-state index in [1.54, 1.807) is 0 Å². The molecule has 1 amide bonds. The van der Waals surface area contributed by atoms with E-state index in [2.05, 4.69) is 54.8 Å². The minimum Gasteiger partial charge on any atom is -0.352 e. The molecule has 0 aliphatic heterocycles. The fraction of sp³-hybridized carbons (Fsp3) is 0.611. The molecule has 3 heteroatoms. The Labute approximate surface area is 128 Å². The normalized spacial score (nSPS) is 23.5. The van der Waals surface area contributed by atoms with Crippen molar-refractivity contribution in [3.8, 4) is 0 Å². The Balaban J connectivity index is 1.70. The molecule has 2 N–H and O–H groups in total. The minimum absolute atomic E-state index is 0.137. The Hall–Kier alpha value is -1.35. The van der Waals surface area contributed by atoms with Crippen LogP contribution in [0.5, 0.6) is 0 Å². The summed E-state index contributed by atoms with van der Waals surface area (Å²) in [6.07, 6.45) is 5.58. The summed E-state index contributed by atoms with van der Waals surface area (Å²) in [4.78, 5) is 11.9. The van der Waals surface area contributed by atoms with Crippen molar-refractivity contribution in [1.82, 2.24) is 10.6 Å². The number of rotatable bonds is 6. The number of hydrogen-bond donors (Lipinski definition) is 2. The summed E-state index contributed by atoms with van der Waals surface area (Å²) in [6.45, 7) is 4.67. The molecule has 0 bridgehead atoms. The van der Waals surface area contributed by atoms with Crippen LogP contribution in [0.15, 0.2) is 30.3 Å². The topological polar surface area (TPSA) is 41.1 Å². The van der Waals surface area contributed by atoms with Crippen molar-refractivity contribution in [2.24, 2.45) is 0 Å². The summed E-state index contributed by atoms with van der Waals surface area (Å²) < 4.78 is 0. The van der Waals surface area contributed by atoms with Crippen LogP contribution in [0.25, 0.3) is 0 Å². The van der Waals surface area contributed by atoms with Crippen molar-refractivity contribution >= 4 is 5.91 Å². The third kappa shape index (κ3) is 5.16. The van der Waals surface area contributed by atoms with E-state index in [9.17, 15) is 4.79 Å². The van der Waals surface area contributed by atoms with E-state index in [0.717, 1.165) is 19.3 Å². The molecule has 116 valence electrons. The van der Waals surface area contributed by atoms with Gasteiger partial charge in [0, 0.05) is 12.1 Å². The van der Waals surface area contributed by atoms with Crippen LogP contribution in [-0.2, 0) is 4.79 Å². The van der Waals surface area contributed by atoms with Gasteiger partial charge in [0.1, 0.15) is 0 Å². The summed E-state index contributed by atoms with van der Waals surface area (Å²) in [6, 6.07) is 11.5. The molecule has 2 rings (SSSR count). The predicted octanol–water partition coefficient (Wildman–Crippen LogP) is 3.22. The molecular formula is C18H28N2O. The highest BCUT2D eigenvalue weighted by Gasteiger charge is 2.23. The van der Waals surface area contributed by atoms with E-state index in [-0.39, 0.29) is 5.91 Å². The third-order valence-electron chi connectivity index (χ3n) is 4.59. The fourth-order valence-corrected chi connectivity index (χ4v) is 2.99. The zero-order chi connectivity index (χ0) is 15.1. The number of benzene rings is 1. The van der Waals surface area contributed by atoms with Gasteiger partial charge < -0.3 is 10.6 Å². The lowest BCUT2D eigenvalue weighted by Crippen LogP contribution is -2.43. The first-order chi connectivity index (χ1) is 10.2. The highest BCUT2D eigenvalue weighted by Crippen LogP contribution is 2.32. The molecule has 1 aromatic carbocycles. The van der Waals surface area contributed by atoms with Gasteiger partial charge in [0.2, 0.25) is 5.91 Å². The summed E-state index contributed by atoms with van der Waals surface area (Å²) in [5, 5.41) is 6.41. The van der Waals surface area contributed by atoms with Gasteiger partial charge in [0.05, 0.1) is 6.54 Å². The van der Waals surface area contributed by atoms with Crippen LogP contribution in [0.4, 0.5) is 0 Å². The zero-order valence-corrected chi connectivity index (χ0v) is 13.3. The van der Waals surface area contributed by atoms with E-state index in [4.69, 9.17) is 0 Å². The third-order valence-corrected chi connectivity index (χ3v) is 4.59. The second-order valence-corrected chi connectivity index (χ2v) is 6.22. The van der Waals surface area contributed by atoms with E-state index in [0.29, 0.717) is 24.5 Å². The summed E-state index contributed by atoms with van der Waals surface area (Å²) >= 11 is 0. The van der Waals surface area contributed by atoms with Crippen LogP contribution in [0.1, 0.15) is 57.4 Å². The Morgan fingerprint density at radius 2 is 1.86 bits per heavy atom. The maximum Gasteiger partial charge on any atom is 0.234 e. The van der Waals surface area contributed by atoms with Gasteiger partial charge in [0.25, 0.3) is 0 Å². The van der Waals surface area contributed by atoms with E-state index < -0.39 is 0 Å². The average molecular weight is 288 g/mol. The standard InChI is InChI=1S/C18H28N2O/c1-3-14(2)19-13-18(21)20-17-11-9-16(10-12-17)15-7-5-4-6-8-15/h4-8,14,16-17,19H,3,9-13H2,1-2H3,(H,20,21). The highest BCUT2D eigenvalue weighted by atomic mass is 16.1. The first-order valence-corrected chi connectivity index (χ1v) is 8.26. The van der Waals surface area contributed by atoms with E-state index in [1.807, 2.05) is 0 Å². The molecule has 1 fully saturated rings. The first kappa shape index (κ1) is 16.0. The van der Waals surface area contributed by atoms with E-state index >= 15 is 0 Å². The number of carbonyl (C=O) groups is 1. The van der Waals surface area contributed by atoms with Crippen molar-refractivity contribution in [3.05, 3.63) is 35.9 Å². The summed E-state index contributed by atoms with van der Waals surface area (Å²) in [5.41, 5.74) is 1.45. The van der Waals surface area contributed by atoms with Crippen molar-refractivity contribution in [1.29, 1.82) is 0 Å². The molecular weight excluding hydrogens is 260 g/mol. The molecule has 1 aliphatic rings. The second-order valence-electron chi connectivity index (χ2n) is 6.22. The molecule has 1 aliphatic carbocycles. The lowest BCUT2D eigenvalue weighted by molar-refractivity contribution is -0.121. The van der Waals surface area contributed by atoms with Gasteiger partial charge in [-0.3, -0.25) is 4.79 Å². The number of hydrogen-bond acceptors (Lipinski definition) is 2. The van der Waals surface area contributed by atoms with Gasteiger partial charge in [0.15, 0.2) is 0 Å². The molecule has 0 saturated heterocycles. The van der Waals surface area contributed by atoms with Crippen LogP contribution in [0, 0.1) is 0 Å². The predicted molar refractivity (Wildman–Crippen MR) is 87.3 cm³/mol. The Morgan fingerprint density at radius 1 is 1.19 bits per heavy atom. The Bertz CT molecular complexity index is 424. The zero-order valence-electron chi connectivity index (χ0n) is 13.3. The lowest BCUT2D eigenvalue weighted by atomic mass is 9.82. The largest absolute Gasteiger partial charge is 0.352 e. The molecule has 0 radical (unpaired) electrons. The molecule has 3 nitrogen and oxygen atoms in total. The SMILES string of the molecule is CCC(C)NCC(=O)NC1CCC(c2ccccc2)CC1. The molecule has 1 saturated carbocycles. The van der Waals surface area contributed by atoms with Crippen molar-refractivity contribution in [2.75, 3.05) is 6.54 Å². The molecule has 21 heavy (non-hydrogen) atoms. The van der Waals surface area contributed by atoms with Crippen LogP contribution in [0.2, 0.25) is 0 Å². The molecule has 0 aromatic heterocycles. The minimum atomic E-state index is 0.137.